The number of ether oxygens (including phenoxy) is 2. The fourth-order valence-corrected chi connectivity index (χ4v) is 3.07. The molecule has 0 bridgehead atoms. The Morgan fingerprint density at radius 2 is 1.74 bits per heavy atom. The molecule has 1 aromatic carbocycles. The first-order valence-corrected chi connectivity index (χ1v) is 8.76. The highest BCUT2D eigenvalue weighted by Crippen LogP contribution is 2.24. The van der Waals surface area contributed by atoms with E-state index in [2.05, 4.69) is 10.5 Å². The molecule has 2 heterocycles. The Bertz CT molecular complexity index is 802. The van der Waals surface area contributed by atoms with E-state index in [0.717, 1.165) is 0 Å². The van der Waals surface area contributed by atoms with Gasteiger partial charge in [-0.25, -0.2) is 0 Å². The van der Waals surface area contributed by atoms with Gasteiger partial charge in [-0.15, -0.1) is 0 Å². The van der Waals surface area contributed by atoms with Crippen molar-refractivity contribution in [3.05, 3.63) is 41.3 Å². The Balaban J connectivity index is 1.58. The molecular weight excluding hydrogens is 350 g/mol. The van der Waals surface area contributed by atoms with Crippen molar-refractivity contribution in [2.75, 3.05) is 27.3 Å². The Hall–Kier alpha value is -3.03. The minimum atomic E-state index is -0.255. The van der Waals surface area contributed by atoms with Crippen LogP contribution in [0.5, 0.6) is 11.5 Å². The van der Waals surface area contributed by atoms with E-state index in [1.807, 2.05) is 0 Å². The van der Waals surface area contributed by atoms with Gasteiger partial charge in [0.1, 0.15) is 17.3 Å². The fraction of sp³-hybridized carbons (Fsp3) is 0.421. The molecule has 3 rings (SSSR count). The van der Waals surface area contributed by atoms with Crippen LogP contribution in [0.4, 0.5) is 0 Å². The van der Waals surface area contributed by atoms with Crippen molar-refractivity contribution >= 4 is 11.8 Å². The number of carbonyl (C=O) groups is 2. The number of benzene rings is 1. The van der Waals surface area contributed by atoms with Gasteiger partial charge in [0, 0.05) is 36.8 Å². The summed E-state index contributed by atoms with van der Waals surface area (Å²) in [5.41, 5.74) is 0.793. The van der Waals surface area contributed by atoms with Crippen LogP contribution in [0.25, 0.3) is 0 Å². The number of amides is 2. The van der Waals surface area contributed by atoms with E-state index >= 15 is 0 Å². The lowest BCUT2D eigenvalue weighted by atomic mass is 10.0. The predicted octanol–water partition coefficient (Wildman–Crippen LogP) is 2.03. The number of methoxy groups -OCH3 is 2. The minimum absolute atomic E-state index is 0.00148. The highest BCUT2D eigenvalue weighted by atomic mass is 16.5. The Morgan fingerprint density at radius 3 is 2.26 bits per heavy atom. The Morgan fingerprint density at radius 1 is 1.11 bits per heavy atom. The quantitative estimate of drug-likeness (QED) is 0.862. The van der Waals surface area contributed by atoms with Crippen LogP contribution in [0, 0.1) is 6.92 Å². The number of hydrogen-bond donors (Lipinski definition) is 1. The summed E-state index contributed by atoms with van der Waals surface area (Å²) in [5, 5.41) is 6.67. The number of likely N-dealkylation sites (tertiary alicyclic amines) is 1. The largest absolute Gasteiger partial charge is 0.497 e. The third kappa shape index (κ3) is 4.39. The van der Waals surface area contributed by atoms with Crippen molar-refractivity contribution in [3.8, 4) is 11.5 Å². The van der Waals surface area contributed by atoms with E-state index < -0.39 is 0 Å². The molecule has 1 fully saturated rings. The first-order valence-electron chi connectivity index (χ1n) is 8.76. The van der Waals surface area contributed by atoms with Crippen molar-refractivity contribution in [3.63, 3.8) is 0 Å². The van der Waals surface area contributed by atoms with Gasteiger partial charge in [-0.05, 0) is 31.9 Å². The van der Waals surface area contributed by atoms with Crippen molar-refractivity contribution in [1.29, 1.82) is 0 Å². The summed E-state index contributed by atoms with van der Waals surface area (Å²) in [6.07, 6.45) is 1.35. The Labute approximate surface area is 157 Å². The van der Waals surface area contributed by atoms with Crippen LogP contribution >= 0.6 is 0 Å². The second-order valence-corrected chi connectivity index (χ2v) is 6.46. The van der Waals surface area contributed by atoms with Gasteiger partial charge in [-0.2, -0.15) is 0 Å². The number of rotatable bonds is 5. The summed E-state index contributed by atoms with van der Waals surface area (Å²) in [7, 11) is 3.10. The molecule has 2 amide bonds. The van der Waals surface area contributed by atoms with E-state index in [4.69, 9.17) is 14.0 Å². The lowest BCUT2D eigenvalue weighted by Crippen LogP contribution is -2.46. The first-order chi connectivity index (χ1) is 13.0. The zero-order chi connectivity index (χ0) is 19.4. The van der Waals surface area contributed by atoms with Crippen LogP contribution in [0.3, 0.4) is 0 Å². The number of aromatic nitrogens is 1. The van der Waals surface area contributed by atoms with Crippen LogP contribution in [0.2, 0.25) is 0 Å². The molecule has 1 aliphatic rings. The number of nitrogens with zero attached hydrogens (tertiary/aromatic N) is 2. The molecule has 2 aromatic rings. The maximum atomic E-state index is 12.8. The number of hydrogen-bond acceptors (Lipinski definition) is 6. The number of piperidine rings is 1. The lowest BCUT2D eigenvalue weighted by molar-refractivity contribution is 0.0696. The van der Waals surface area contributed by atoms with Crippen LogP contribution in [0.15, 0.2) is 28.8 Å². The topological polar surface area (TPSA) is 93.9 Å². The minimum Gasteiger partial charge on any atom is -0.497 e. The summed E-state index contributed by atoms with van der Waals surface area (Å²) in [6, 6.07) is 6.73. The molecule has 0 spiro atoms. The maximum absolute atomic E-state index is 12.8. The number of aryl methyl sites for hydroxylation is 1. The third-order valence-electron chi connectivity index (χ3n) is 4.58. The molecular formula is C19H23N3O5. The van der Waals surface area contributed by atoms with Crippen molar-refractivity contribution < 1.29 is 23.6 Å². The molecule has 0 radical (unpaired) electrons. The van der Waals surface area contributed by atoms with Crippen LogP contribution in [-0.2, 0) is 0 Å². The fourth-order valence-electron chi connectivity index (χ4n) is 3.07. The molecule has 0 aliphatic carbocycles. The molecule has 0 saturated carbocycles. The average molecular weight is 373 g/mol. The third-order valence-corrected chi connectivity index (χ3v) is 4.58. The number of nitrogens with one attached hydrogen (secondary N) is 1. The number of carbonyl (C=O) groups excluding carboxylic acids is 2. The van der Waals surface area contributed by atoms with E-state index in [1.165, 1.54) is 0 Å². The zero-order valence-electron chi connectivity index (χ0n) is 15.7. The van der Waals surface area contributed by atoms with Crippen molar-refractivity contribution in [1.82, 2.24) is 15.4 Å². The van der Waals surface area contributed by atoms with Gasteiger partial charge in [0.15, 0.2) is 5.69 Å². The van der Waals surface area contributed by atoms with E-state index in [0.29, 0.717) is 48.8 Å². The second kappa shape index (κ2) is 8.11. The summed E-state index contributed by atoms with van der Waals surface area (Å²) >= 11 is 0. The molecule has 8 nitrogen and oxygen atoms in total. The molecule has 144 valence electrons. The summed E-state index contributed by atoms with van der Waals surface area (Å²) in [4.78, 5) is 26.7. The normalized spacial score (nSPS) is 14.7. The van der Waals surface area contributed by atoms with E-state index in [-0.39, 0.29) is 23.6 Å². The van der Waals surface area contributed by atoms with Crippen LogP contribution in [0.1, 0.15) is 39.4 Å². The summed E-state index contributed by atoms with van der Waals surface area (Å²) in [6.45, 7) is 2.85. The van der Waals surface area contributed by atoms with Gasteiger partial charge < -0.3 is 24.2 Å². The maximum Gasteiger partial charge on any atom is 0.273 e. The van der Waals surface area contributed by atoms with Gasteiger partial charge in [-0.3, -0.25) is 9.59 Å². The van der Waals surface area contributed by atoms with Crippen LogP contribution in [-0.4, -0.2) is 55.2 Å². The lowest BCUT2D eigenvalue weighted by Gasteiger charge is -2.32. The van der Waals surface area contributed by atoms with Crippen molar-refractivity contribution in [2.24, 2.45) is 0 Å². The van der Waals surface area contributed by atoms with Crippen LogP contribution < -0.4 is 14.8 Å². The van der Waals surface area contributed by atoms with Gasteiger partial charge >= 0.3 is 0 Å². The standard InChI is InChI=1S/C19H23N3O5/c1-12-8-17(21-27-12)18(23)20-14-4-6-22(7-5-14)19(24)13-9-15(25-2)11-16(10-13)26-3/h8-11,14H,4-7H2,1-3H3,(H,20,23). The Kier molecular flexibility index (Phi) is 5.63. The van der Waals surface area contributed by atoms with E-state index in [1.54, 1.807) is 50.3 Å². The second-order valence-electron chi connectivity index (χ2n) is 6.46. The van der Waals surface area contributed by atoms with Gasteiger partial charge in [0.25, 0.3) is 11.8 Å². The van der Waals surface area contributed by atoms with Crippen molar-refractivity contribution in [2.45, 2.75) is 25.8 Å². The van der Waals surface area contributed by atoms with Gasteiger partial charge in [0.05, 0.1) is 14.2 Å². The SMILES string of the molecule is COc1cc(OC)cc(C(=O)N2CCC(NC(=O)c3cc(C)on3)CC2)c1. The average Bonchev–Trinajstić information content (AvgIpc) is 3.14. The van der Waals surface area contributed by atoms with Gasteiger partial charge in [-0.1, -0.05) is 5.16 Å². The monoisotopic (exact) mass is 373 g/mol. The molecule has 0 atom stereocenters. The highest BCUT2D eigenvalue weighted by molar-refractivity contribution is 5.95. The highest BCUT2D eigenvalue weighted by Gasteiger charge is 2.26. The van der Waals surface area contributed by atoms with E-state index in [9.17, 15) is 9.59 Å². The molecule has 1 N–H and O–H groups in total. The molecule has 8 heteroatoms. The summed E-state index contributed by atoms with van der Waals surface area (Å²) in [5.74, 6) is 1.40. The molecule has 1 aliphatic heterocycles. The molecule has 0 unspecified atom stereocenters. The molecule has 1 saturated heterocycles. The van der Waals surface area contributed by atoms with Gasteiger partial charge in [0.2, 0.25) is 0 Å². The predicted molar refractivity (Wildman–Crippen MR) is 97.2 cm³/mol. The molecule has 1 aromatic heterocycles. The summed E-state index contributed by atoms with van der Waals surface area (Å²) < 4.78 is 15.4. The first kappa shape index (κ1) is 18.8. The zero-order valence-corrected chi connectivity index (χ0v) is 15.7. The molecule has 27 heavy (non-hydrogen) atoms. The smallest absolute Gasteiger partial charge is 0.273 e.